The molecule has 0 spiro atoms. The van der Waals surface area contributed by atoms with Crippen molar-refractivity contribution in [1.82, 2.24) is 0 Å². The van der Waals surface area contributed by atoms with E-state index >= 15 is 0 Å². The smallest absolute Gasteiger partial charge is 0.341 e. The average Bonchev–Trinajstić information content (AvgIpc) is 3.59. The molecule has 350 valence electrons. The van der Waals surface area contributed by atoms with Crippen molar-refractivity contribution in [3.05, 3.63) is 161 Å². The number of hydrogen-bond donors (Lipinski definition) is 0. The molecule has 0 bridgehead atoms. The van der Waals surface area contributed by atoms with E-state index in [-0.39, 0.29) is 25.7 Å². The maximum Gasteiger partial charge on any atom is 0.341 e. The Hall–Kier alpha value is -4.59. The van der Waals surface area contributed by atoms with Gasteiger partial charge in [0.1, 0.15) is 0 Å². The first-order valence-corrected chi connectivity index (χ1v) is 25.1. The van der Waals surface area contributed by atoms with Crippen molar-refractivity contribution < 1.29 is 9.53 Å². The molecule has 0 aliphatic carbocycles. The van der Waals surface area contributed by atoms with Crippen molar-refractivity contribution in [2.75, 3.05) is 72.0 Å². The van der Waals surface area contributed by atoms with Crippen LogP contribution >= 0.6 is 46.4 Å². The molecule has 0 unspecified atom stereocenters. The van der Waals surface area contributed by atoms with Crippen molar-refractivity contribution >= 4 is 86.3 Å². The Morgan fingerprint density at radius 2 is 0.727 bits per heavy atom. The maximum atomic E-state index is 14.7. The number of esters is 1. The van der Waals surface area contributed by atoms with E-state index < -0.39 is 11.6 Å². The van der Waals surface area contributed by atoms with Crippen LogP contribution in [0.3, 0.4) is 0 Å². The Labute approximate surface area is 414 Å². The second-order valence-corrected chi connectivity index (χ2v) is 18.5. The fraction of sp³-hybridized carbons (Fsp3) is 0.375. The van der Waals surface area contributed by atoms with Gasteiger partial charge in [-0.05, 0) is 199 Å². The molecule has 10 heteroatoms. The minimum absolute atomic E-state index is 0.000387. The zero-order valence-electron chi connectivity index (χ0n) is 40.9. The summed E-state index contributed by atoms with van der Waals surface area (Å²) in [5, 5.41) is 0.146. The summed E-state index contributed by atoms with van der Waals surface area (Å²) in [6.07, 6.45) is 4.11. The predicted molar refractivity (Wildman–Crippen MR) is 287 cm³/mol. The van der Waals surface area contributed by atoms with Crippen LogP contribution in [-0.4, -0.2) is 58.3 Å². The van der Waals surface area contributed by atoms with Crippen LogP contribution < -0.4 is 19.6 Å². The van der Waals surface area contributed by atoms with Gasteiger partial charge in [-0.2, -0.15) is 0 Å². The third-order valence-corrected chi connectivity index (χ3v) is 15.2. The van der Waals surface area contributed by atoms with Gasteiger partial charge in [-0.25, -0.2) is 4.79 Å². The lowest BCUT2D eigenvalue weighted by atomic mass is 9.80. The van der Waals surface area contributed by atoms with Crippen LogP contribution in [0.2, 0.25) is 20.1 Å². The van der Waals surface area contributed by atoms with Gasteiger partial charge in [-0.3, -0.25) is 0 Å². The van der Waals surface area contributed by atoms with Crippen LogP contribution in [0.1, 0.15) is 116 Å². The fourth-order valence-corrected chi connectivity index (χ4v) is 10.7. The minimum Gasteiger partial charge on any atom is -0.442 e. The Kier molecular flexibility index (Phi) is 16.6. The predicted octanol–water partition coefficient (Wildman–Crippen LogP) is 15.5. The zero-order chi connectivity index (χ0) is 48.2. The van der Waals surface area contributed by atoms with E-state index in [9.17, 15) is 4.79 Å². The molecule has 0 N–H and O–H groups in total. The van der Waals surface area contributed by atoms with Crippen molar-refractivity contribution in [2.45, 2.75) is 88.7 Å². The number of aryl methyl sites for hydroxylation is 4. The highest BCUT2D eigenvalue weighted by Crippen LogP contribution is 2.54. The molecule has 5 aromatic rings. The molecule has 0 radical (unpaired) electrons. The topological polar surface area (TPSA) is 39.3 Å². The molecule has 0 atom stereocenters. The van der Waals surface area contributed by atoms with Crippen molar-refractivity contribution in [3.8, 4) is 0 Å². The second kappa shape index (κ2) is 21.6. The summed E-state index contributed by atoms with van der Waals surface area (Å²) in [6, 6.07) is 26.4. The monoisotopic (exact) mass is 966 g/mol. The van der Waals surface area contributed by atoms with E-state index in [0.717, 1.165) is 131 Å². The van der Waals surface area contributed by atoms with Gasteiger partial charge < -0.3 is 24.3 Å². The Morgan fingerprint density at radius 3 is 0.985 bits per heavy atom. The van der Waals surface area contributed by atoms with Crippen molar-refractivity contribution in [3.63, 3.8) is 0 Å². The highest BCUT2D eigenvalue weighted by atomic mass is 35.5. The van der Waals surface area contributed by atoms with E-state index in [4.69, 9.17) is 51.1 Å². The summed E-state index contributed by atoms with van der Waals surface area (Å²) in [4.78, 5) is 24.0. The first-order chi connectivity index (χ1) is 31.6. The summed E-state index contributed by atoms with van der Waals surface area (Å²) in [6.45, 7) is 32.9. The first-order valence-electron chi connectivity index (χ1n) is 23.6. The van der Waals surface area contributed by atoms with Gasteiger partial charge in [0, 0.05) is 80.7 Å². The van der Waals surface area contributed by atoms with Gasteiger partial charge in [0.15, 0.2) is 5.60 Å². The summed E-state index contributed by atoms with van der Waals surface area (Å²) in [5.41, 5.74) is 13.2. The molecule has 1 aliphatic heterocycles. The number of fused-ring (bicyclic) bond motifs is 1. The second-order valence-electron chi connectivity index (χ2n) is 17.0. The number of ether oxygens (including phenoxy) is 1. The van der Waals surface area contributed by atoms with Gasteiger partial charge in [0.05, 0.1) is 25.7 Å². The van der Waals surface area contributed by atoms with Crippen LogP contribution in [-0.2, 0) is 10.3 Å². The number of carbonyl (C=O) groups excluding carboxylic acids is 1. The molecule has 66 heavy (non-hydrogen) atoms. The molecule has 1 aliphatic rings. The molecule has 0 aromatic heterocycles. The van der Waals surface area contributed by atoms with Crippen LogP contribution in [0.25, 0.3) is 11.1 Å². The lowest BCUT2D eigenvalue weighted by Gasteiger charge is -2.30. The number of anilines is 4. The van der Waals surface area contributed by atoms with Gasteiger partial charge in [0.25, 0.3) is 0 Å². The van der Waals surface area contributed by atoms with E-state index in [1.807, 2.05) is 0 Å². The molecular formula is C56H66Cl4N4O2. The van der Waals surface area contributed by atoms with E-state index in [1.165, 1.54) is 0 Å². The Bertz CT molecular complexity index is 2390. The summed E-state index contributed by atoms with van der Waals surface area (Å²) < 4.78 is 6.87. The number of hydrogen-bond acceptors (Lipinski definition) is 6. The van der Waals surface area contributed by atoms with E-state index in [1.54, 1.807) is 0 Å². The molecule has 0 amide bonds. The largest absolute Gasteiger partial charge is 0.442 e. The maximum absolute atomic E-state index is 14.7. The van der Waals surface area contributed by atoms with Crippen molar-refractivity contribution in [2.24, 2.45) is 0 Å². The number of cyclic esters (lactones) is 1. The van der Waals surface area contributed by atoms with Gasteiger partial charge in [0.2, 0.25) is 0 Å². The number of halogens is 4. The number of benzene rings is 5. The molecule has 0 fully saturated rings. The summed E-state index contributed by atoms with van der Waals surface area (Å²) in [7, 11) is 0. The van der Waals surface area contributed by atoms with Crippen LogP contribution in [0.15, 0.2) is 84.9 Å². The molecular weight excluding hydrogens is 902 g/mol. The number of nitrogens with zero attached hydrogens (tertiary/aromatic N) is 4. The minimum atomic E-state index is -1.64. The molecule has 6 rings (SSSR count). The summed E-state index contributed by atoms with van der Waals surface area (Å²) in [5.74, 6) is -0.647. The normalized spacial score (nSPS) is 12.7. The molecule has 1 heterocycles. The highest BCUT2D eigenvalue weighted by Gasteiger charge is 2.48. The zero-order valence-corrected chi connectivity index (χ0v) is 43.9. The fourth-order valence-electron chi connectivity index (χ4n) is 9.66. The highest BCUT2D eigenvalue weighted by molar-refractivity contribution is 6.53. The van der Waals surface area contributed by atoms with Gasteiger partial charge >= 0.3 is 5.97 Å². The number of rotatable bonds is 18. The van der Waals surface area contributed by atoms with Crippen LogP contribution in [0, 0.1) is 27.7 Å². The first kappa shape index (κ1) is 50.8. The van der Waals surface area contributed by atoms with Crippen molar-refractivity contribution in [1.29, 1.82) is 0 Å². The van der Waals surface area contributed by atoms with Gasteiger partial charge in [-0.1, -0.05) is 70.7 Å². The summed E-state index contributed by atoms with van der Waals surface area (Å²) >= 11 is 28.2. The van der Waals surface area contributed by atoms with Crippen LogP contribution in [0.5, 0.6) is 0 Å². The Morgan fingerprint density at radius 1 is 0.455 bits per heavy atom. The van der Waals surface area contributed by atoms with Gasteiger partial charge in [-0.15, -0.1) is 0 Å². The average molecular weight is 969 g/mol. The van der Waals surface area contributed by atoms with E-state index in [0.29, 0.717) is 5.56 Å². The van der Waals surface area contributed by atoms with Crippen LogP contribution in [0.4, 0.5) is 22.7 Å². The standard InChI is InChI=1S/C56H66Cl4N4O2/c1-13-61(14-2)39-21-25-43(35(9)29-39)47(44-26-22-40(30-36(44)10)62(15-3)16-4)33-56(50-49(55(65)66-56)51(57)53(59)54(60)52(50)58)34-48(45-27-23-41(31-37(45)11)63(17-5)18-6)46-28-24-42(32-38(46)12)64(19-7)20-8/h21-34H,13-20H2,1-12H3. The lowest BCUT2D eigenvalue weighted by molar-refractivity contribution is 0.0300. The molecule has 0 saturated heterocycles. The van der Waals surface area contributed by atoms with E-state index in [2.05, 4.69) is 188 Å². The molecule has 0 saturated carbocycles. The number of carbonyl (C=O) groups is 1. The Balaban J connectivity index is 1.81. The molecule has 6 nitrogen and oxygen atoms in total. The quantitative estimate of drug-likeness (QED) is 0.0495. The lowest BCUT2D eigenvalue weighted by Crippen LogP contribution is -2.24. The molecule has 5 aromatic carbocycles. The SMILES string of the molecule is CCN(CC)c1ccc(C(=CC2(C=C(c3ccc(N(CC)CC)cc3C)c3ccc(N(CC)CC)cc3C)OC(=O)c3c(Cl)c(Cl)c(Cl)c(Cl)c32)c2ccc(N(CC)CC)cc2C)c(C)c1. The third kappa shape index (κ3) is 9.72. The third-order valence-electron chi connectivity index (χ3n) is 13.4.